The van der Waals surface area contributed by atoms with Gasteiger partial charge in [-0.15, -0.1) is 0 Å². The van der Waals surface area contributed by atoms with Crippen molar-refractivity contribution in [1.29, 1.82) is 0 Å². The van der Waals surface area contributed by atoms with E-state index in [2.05, 4.69) is 4.98 Å². The van der Waals surface area contributed by atoms with Crippen LogP contribution in [0.4, 0.5) is 0 Å². The summed E-state index contributed by atoms with van der Waals surface area (Å²) in [5, 5.41) is 0. The number of carbonyl (C=O) groups excluding carboxylic acids is 2. The Hall–Kier alpha value is -2.70. The number of fused-ring (bicyclic) bond motifs is 1. The van der Waals surface area contributed by atoms with Crippen LogP contribution in [0, 0.1) is 11.8 Å². The van der Waals surface area contributed by atoms with E-state index in [1.54, 1.807) is 17.7 Å². The maximum absolute atomic E-state index is 12.3. The van der Waals surface area contributed by atoms with Crippen molar-refractivity contribution in [3.05, 3.63) is 34.7 Å². The van der Waals surface area contributed by atoms with Crippen molar-refractivity contribution in [2.75, 3.05) is 14.2 Å². The van der Waals surface area contributed by atoms with E-state index in [4.69, 9.17) is 9.47 Å². The van der Waals surface area contributed by atoms with Gasteiger partial charge in [-0.3, -0.25) is 14.4 Å². The van der Waals surface area contributed by atoms with Crippen LogP contribution in [-0.2, 0) is 20.9 Å². The van der Waals surface area contributed by atoms with Crippen molar-refractivity contribution < 1.29 is 19.1 Å². The number of hydrogen-bond acceptors (Lipinski definition) is 6. The van der Waals surface area contributed by atoms with Crippen molar-refractivity contribution in [1.82, 2.24) is 9.55 Å². The minimum absolute atomic E-state index is 0.105. The summed E-state index contributed by atoms with van der Waals surface area (Å²) in [7, 11) is 2.94. The summed E-state index contributed by atoms with van der Waals surface area (Å²) in [6.45, 7) is 0.517. The predicted octanol–water partition coefficient (Wildman–Crippen LogP) is 2.34. The predicted molar refractivity (Wildman–Crippen MR) is 99.6 cm³/mol. The number of benzene rings is 1. The third-order valence-electron chi connectivity index (χ3n) is 5.32. The Morgan fingerprint density at radius 2 is 2.11 bits per heavy atom. The van der Waals surface area contributed by atoms with E-state index in [1.807, 2.05) is 12.1 Å². The van der Waals surface area contributed by atoms with E-state index in [0.29, 0.717) is 25.1 Å². The fourth-order valence-corrected chi connectivity index (χ4v) is 3.85. The molecule has 1 aliphatic rings. The molecule has 7 heteroatoms. The molecule has 1 aliphatic carbocycles. The van der Waals surface area contributed by atoms with Crippen LogP contribution in [0.3, 0.4) is 0 Å². The van der Waals surface area contributed by atoms with Crippen LogP contribution >= 0.6 is 0 Å². The lowest BCUT2D eigenvalue weighted by Gasteiger charge is -2.28. The summed E-state index contributed by atoms with van der Waals surface area (Å²) in [4.78, 5) is 40.2. The summed E-state index contributed by atoms with van der Waals surface area (Å²) < 4.78 is 11.8. The molecule has 0 aliphatic heterocycles. The van der Waals surface area contributed by atoms with Gasteiger partial charge in [0, 0.05) is 25.5 Å². The average Bonchev–Trinajstić information content (AvgIpc) is 2.69. The number of aromatic nitrogens is 2. The maximum Gasteiger partial charge on any atom is 0.309 e. The zero-order valence-electron chi connectivity index (χ0n) is 15.6. The number of Topliss-reactive ketones (excluding diaryl/α,β-unsaturated/α-hetero) is 1. The van der Waals surface area contributed by atoms with E-state index in [0.717, 1.165) is 23.9 Å². The Bertz CT molecular complexity index is 905. The number of rotatable bonds is 6. The van der Waals surface area contributed by atoms with E-state index in [1.165, 1.54) is 13.3 Å². The molecule has 7 nitrogen and oxygen atoms in total. The summed E-state index contributed by atoms with van der Waals surface area (Å²) in [5.41, 5.74) is 1.29. The molecule has 3 rings (SSSR count). The second kappa shape index (κ2) is 8.33. The minimum atomic E-state index is -0.373. The molecule has 1 saturated carbocycles. The first-order chi connectivity index (χ1) is 13.0. The lowest BCUT2D eigenvalue weighted by atomic mass is 9.76. The fourth-order valence-electron chi connectivity index (χ4n) is 3.85. The molecule has 1 heterocycles. The van der Waals surface area contributed by atoms with Gasteiger partial charge in [0.25, 0.3) is 5.56 Å². The molecular formula is C20H24N2O5. The number of ether oxygens (including phenoxy) is 2. The molecule has 0 bridgehead atoms. The first-order valence-corrected chi connectivity index (χ1v) is 9.16. The van der Waals surface area contributed by atoms with E-state index in [9.17, 15) is 14.4 Å². The molecule has 0 amide bonds. The molecule has 27 heavy (non-hydrogen) atoms. The van der Waals surface area contributed by atoms with E-state index in [-0.39, 0.29) is 35.6 Å². The van der Waals surface area contributed by atoms with Crippen molar-refractivity contribution in [2.45, 2.75) is 38.6 Å². The second-order valence-electron chi connectivity index (χ2n) is 6.92. The van der Waals surface area contributed by atoms with Crippen molar-refractivity contribution in [3.8, 4) is 5.75 Å². The highest BCUT2D eigenvalue weighted by molar-refractivity contribution is 5.85. The number of hydrogen-bond donors (Lipinski definition) is 0. The van der Waals surface area contributed by atoms with Crippen molar-refractivity contribution >= 4 is 22.8 Å². The standard InChI is InChI=1S/C20H24N2O5/c1-26-15-7-8-17-18(11-15)22(19(24)12-21-17)9-3-4-13-5-6-14(23)10-16(13)20(25)27-2/h7-8,11-13,16H,3-6,9-10H2,1-2H3. The van der Waals surface area contributed by atoms with Crippen LogP contribution in [0.15, 0.2) is 29.2 Å². The van der Waals surface area contributed by atoms with Crippen LogP contribution in [0.2, 0.25) is 0 Å². The molecule has 1 fully saturated rings. The Kier molecular flexibility index (Phi) is 5.88. The number of ketones is 1. The number of esters is 1. The largest absolute Gasteiger partial charge is 0.497 e. The van der Waals surface area contributed by atoms with Gasteiger partial charge < -0.3 is 14.0 Å². The van der Waals surface area contributed by atoms with Gasteiger partial charge in [0.2, 0.25) is 0 Å². The average molecular weight is 372 g/mol. The van der Waals surface area contributed by atoms with Crippen LogP contribution in [0.25, 0.3) is 11.0 Å². The lowest BCUT2D eigenvalue weighted by Crippen LogP contribution is -2.32. The fraction of sp³-hybridized carbons (Fsp3) is 0.500. The zero-order chi connectivity index (χ0) is 19.4. The molecule has 0 spiro atoms. The first kappa shape index (κ1) is 19.1. The quantitative estimate of drug-likeness (QED) is 0.724. The van der Waals surface area contributed by atoms with Gasteiger partial charge in [0.15, 0.2) is 0 Å². The van der Waals surface area contributed by atoms with Crippen LogP contribution < -0.4 is 10.3 Å². The molecule has 0 N–H and O–H groups in total. The van der Waals surface area contributed by atoms with E-state index < -0.39 is 0 Å². The van der Waals surface area contributed by atoms with Crippen LogP contribution in [0.5, 0.6) is 5.75 Å². The first-order valence-electron chi connectivity index (χ1n) is 9.16. The Morgan fingerprint density at radius 1 is 1.30 bits per heavy atom. The second-order valence-corrected chi connectivity index (χ2v) is 6.92. The number of aryl methyl sites for hydroxylation is 1. The molecule has 1 aromatic heterocycles. The number of carbonyl (C=O) groups is 2. The highest BCUT2D eigenvalue weighted by Gasteiger charge is 2.34. The molecular weight excluding hydrogens is 348 g/mol. The summed E-state index contributed by atoms with van der Waals surface area (Å²) in [6, 6.07) is 5.44. The molecule has 2 unspecified atom stereocenters. The van der Waals surface area contributed by atoms with Gasteiger partial charge in [-0.1, -0.05) is 0 Å². The van der Waals surface area contributed by atoms with Crippen LogP contribution in [0.1, 0.15) is 32.1 Å². The van der Waals surface area contributed by atoms with Crippen molar-refractivity contribution in [3.63, 3.8) is 0 Å². The van der Waals surface area contributed by atoms with Gasteiger partial charge in [0.1, 0.15) is 11.5 Å². The highest BCUT2D eigenvalue weighted by Crippen LogP contribution is 2.32. The molecule has 144 valence electrons. The monoisotopic (exact) mass is 372 g/mol. The zero-order valence-corrected chi connectivity index (χ0v) is 15.6. The molecule has 1 aromatic carbocycles. The Balaban J connectivity index is 1.74. The molecule has 2 atom stereocenters. The SMILES string of the molecule is COC(=O)C1CC(=O)CCC1CCCn1c(=O)cnc2ccc(OC)cc21. The van der Waals surface area contributed by atoms with Crippen LogP contribution in [-0.4, -0.2) is 35.5 Å². The Labute approximate surface area is 157 Å². The van der Waals surface area contributed by atoms with E-state index >= 15 is 0 Å². The topological polar surface area (TPSA) is 87.5 Å². The highest BCUT2D eigenvalue weighted by atomic mass is 16.5. The number of methoxy groups -OCH3 is 2. The minimum Gasteiger partial charge on any atom is -0.497 e. The van der Waals surface area contributed by atoms with Gasteiger partial charge in [0.05, 0.1) is 37.4 Å². The summed E-state index contributed by atoms with van der Waals surface area (Å²) in [5.74, 6) is 0.199. The molecule has 0 radical (unpaired) electrons. The summed E-state index contributed by atoms with van der Waals surface area (Å²) in [6.07, 6.45) is 4.26. The molecule has 2 aromatic rings. The van der Waals surface area contributed by atoms with Gasteiger partial charge in [-0.2, -0.15) is 0 Å². The maximum atomic E-state index is 12.3. The van der Waals surface area contributed by atoms with Crippen molar-refractivity contribution in [2.24, 2.45) is 11.8 Å². The lowest BCUT2D eigenvalue weighted by molar-refractivity contribution is -0.151. The van der Waals surface area contributed by atoms with Gasteiger partial charge in [-0.05, 0) is 37.3 Å². The smallest absolute Gasteiger partial charge is 0.309 e. The third kappa shape index (κ3) is 4.18. The number of nitrogens with zero attached hydrogens (tertiary/aromatic N) is 2. The third-order valence-corrected chi connectivity index (χ3v) is 5.32. The Morgan fingerprint density at radius 3 is 2.85 bits per heavy atom. The summed E-state index contributed by atoms with van der Waals surface area (Å²) >= 11 is 0. The van der Waals surface area contributed by atoms with Gasteiger partial charge >= 0.3 is 5.97 Å². The normalized spacial score (nSPS) is 19.9. The molecule has 0 saturated heterocycles. The van der Waals surface area contributed by atoms with Gasteiger partial charge in [-0.25, -0.2) is 4.98 Å².